The van der Waals surface area contributed by atoms with Gasteiger partial charge in [-0.1, -0.05) is 12.8 Å². The lowest BCUT2D eigenvalue weighted by molar-refractivity contribution is 0.152. The minimum atomic E-state index is 0.292. The van der Waals surface area contributed by atoms with Crippen molar-refractivity contribution in [2.45, 2.75) is 50.6 Å². The zero-order chi connectivity index (χ0) is 11.4. The van der Waals surface area contributed by atoms with Gasteiger partial charge in [0.1, 0.15) is 0 Å². The number of rotatable bonds is 5. The molecule has 1 saturated heterocycles. The Balaban J connectivity index is 1.76. The summed E-state index contributed by atoms with van der Waals surface area (Å²) < 4.78 is 5.09. The summed E-state index contributed by atoms with van der Waals surface area (Å²) in [6, 6.07) is 1.14. The molecule has 1 aliphatic heterocycles. The highest BCUT2D eigenvalue weighted by Crippen LogP contribution is 2.35. The van der Waals surface area contributed by atoms with Gasteiger partial charge in [-0.05, 0) is 38.1 Å². The number of ether oxygens (including phenoxy) is 1. The molecule has 3 nitrogen and oxygen atoms in total. The molecule has 1 aliphatic carbocycles. The first-order valence-corrected chi connectivity index (χ1v) is 6.80. The average molecular weight is 226 g/mol. The number of hydrogen-bond donors (Lipinski definition) is 1. The third kappa shape index (κ3) is 2.96. The zero-order valence-electron chi connectivity index (χ0n) is 10.5. The molecule has 3 heteroatoms. The van der Waals surface area contributed by atoms with E-state index in [2.05, 4.69) is 4.90 Å². The Bertz CT molecular complexity index is 210. The largest absolute Gasteiger partial charge is 0.385 e. The Labute approximate surface area is 99.3 Å². The lowest BCUT2D eigenvalue weighted by Gasteiger charge is -2.33. The molecule has 2 aliphatic rings. The van der Waals surface area contributed by atoms with E-state index < -0.39 is 0 Å². The van der Waals surface area contributed by atoms with Crippen LogP contribution >= 0.6 is 0 Å². The summed E-state index contributed by atoms with van der Waals surface area (Å²) in [7, 11) is 1.75. The Morgan fingerprint density at radius 2 is 2.12 bits per heavy atom. The molecular weight excluding hydrogens is 200 g/mol. The van der Waals surface area contributed by atoms with Crippen LogP contribution in [0.25, 0.3) is 0 Å². The summed E-state index contributed by atoms with van der Waals surface area (Å²) in [6.45, 7) is 3.14. The molecule has 2 rings (SSSR count). The monoisotopic (exact) mass is 226 g/mol. The quantitative estimate of drug-likeness (QED) is 0.774. The Morgan fingerprint density at radius 1 is 1.31 bits per heavy atom. The molecule has 3 atom stereocenters. The van der Waals surface area contributed by atoms with Crippen molar-refractivity contribution >= 4 is 0 Å². The number of methoxy groups -OCH3 is 1. The van der Waals surface area contributed by atoms with Crippen LogP contribution in [0.2, 0.25) is 0 Å². The molecule has 3 unspecified atom stereocenters. The number of hydrogen-bond acceptors (Lipinski definition) is 3. The van der Waals surface area contributed by atoms with Crippen LogP contribution in [0, 0.1) is 5.92 Å². The van der Waals surface area contributed by atoms with Crippen LogP contribution in [0.15, 0.2) is 0 Å². The summed E-state index contributed by atoms with van der Waals surface area (Å²) in [5.74, 6) is 0.975. The van der Waals surface area contributed by atoms with E-state index in [1.54, 1.807) is 7.11 Å². The van der Waals surface area contributed by atoms with Gasteiger partial charge in [0.15, 0.2) is 0 Å². The molecule has 1 heterocycles. The summed E-state index contributed by atoms with van der Waals surface area (Å²) in [4.78, 5) is 2.64. The standard InChI is InChI=1S/C13H26N2O/c1-16-9-7-12(14)10-15-8-6-11-4-2-3-5-13(11)15/h11-13H,2-10,14H2,1H3. The predicted octanol–water partition coefficient (Wildman–Crippen LogP) is 1.61. The number of nitrogens with two attached hydrogens (primary N) is 1. The Hall–Kier alpha value is -0.120. The topological polar surface area (TPSA) is 38.5 Å². The van der Waals surface area contributed by atoms with Crippen LogP contribution in [-0.4, -0.2) is 43.8 Å². The van der Waals surface area contributed by atoms with Crippen molar-refractivity contribution in [3.8, 4) is 0 Å². The smallest absolute Gasteiger partial charge is 0.0477 e. The third-order valence-corrected chi connectivity index (χ3v) is 4.29. The minimum Gasteiger partial charge on any atom is -0.385 e. The molecule has 16 heavy (non-hydrogen) atoms. The molecule has 0 aromatic heterocycles. The second-order valence-corrected chi connectivity index (χ2v) is 5.44. The summed E-state index contributed by atoms with van der Waals surface area (Å²) >= 11 is 0. The molecule has 1 saturated carbocycles. The first kappa shape index (κ1) is 12.3. The molecule has 0 radical (unpaired) electrons. The summed E-state index contributed by atoms with van der Waals surface area (Å²) in [5, 5.41) is 0. The van der Waals surface area contributed by atoms with Crippen molar-refractivity contribution in [3.05, 3.63) is 0 Å². The van der Waals surface area contributed by atoms with Crippen molar-refractivity contribution < 1.29 is 4.74 Å². The molecular formula is C13H26N2O. The summed E-state index contributed by atoms with van der Waals surface area (Å²) in [5.41, 5.74) is 6.14. The van der Waals surface area contributed by atoms with Crippen molar-refractivity contribution in [2.75, 3.05) is 26.8 Å². The fourth-order valence-electron chi connectivity index (χ4n) is 3.39. The van der Waals surface area contributed by atoms with E-state index in [9.17, 15) is 0 Å². The van der Waals surface area contributed by atoms with Crippen molar-refractivity contribution in [1.82, 2.24) is 4.90 Å². The van der Waals surface area contributed by atoms with Gasteiger partial charge in [0.2, 0.25) is 0 Å². The average Bonchev–Trinajstić information content (AvgIpc) is 2.70. The number of nitrogens with zero attached hydrogens (tertiary/aromatic N) is 1. The summed E-state index contributed by atoms with van der Waals surface area (Å²) in [6.07, 6.45) is 8.12. The highest BCUT2D eigenvalue weighted by molar-refractivity contribution is 4.90. The lowest BCUT2D eigenvalue weighted by Crippen LogP contribution is -2.42. The van der Waals surface area contributed by atoms with Gasteiger partial charge in [0, 0.05) is 32.3 Å². The van der Waals surface area contributed by atoms with Crippen molar-refractivity contribution in [1.29, 1.82) is 0 Å². The van der Waals surface area contributed by atoms with E-state index in [0.29, 0.717) is 6.04 Å². The maximum Gasteiger partial charge on any atom is 0.0477 e. The van der Waals surface area contributed by atoms with Gasteiger partial charge in [-0.3, -0.25) is 4.90 Å². The maximum atomic E-state index is 6.14. The molecule has 2 fully saturated rings. The van der Waals surface area contributed by atoms with Gasteiger partial charge in [-0.2, -0.15) is 0 Å². The van der Waals surface area contributed by atoms with E-state index in [-0.39, 0.29) is 0 Å². The molecule has 0 aromatic carbocycles. The normalized spacial score (nSPS) is 32.6. The first-order valence-electron chi connectivity index (χ1n) is 6.80. The van der Waals surface area contributed by atoms with Crippen LogP contribution < -0.4 is 5.73 Å². The molecule has 0 spiro atoms. The van der Waals surface area contributed by atoms with Crippen LogP contribution in [-0.2, 0) is 4.74 Å². The van der Waals surface area contributed by atoms with E-state index >= 15 is 0 Å². The van der Waals surface area contributed by atoms with Crippen LogP contribution in [0.3, 0.4) is 0 Å². The van der Waals surface area contributed by atoms with Gasteiger partial charge >= 0.3 is 0 Å². The number of likely N-dealkylation sites (tertiary alicyclic amines) is 1. The van der Waals surface area contributed by atoms with Crippen LogP contribution in [0.1, 0.15) is 38.5 Å². The highest BCUT2D eigenvalue weighted by atomic mass is 16.5. The predicted molar refractivity (Wildman–Crippen MR) is 66.4 cm³/mol. The van der Waals surface area contributed by atoms with Crippen LogP contribution in [0.5, 0.6) is 0 Å². The Morgan fingerprint density at radius 3 is 2.94 bits per heavy atom. The van der Waals surface area contributed by atoms with Crippen molar-refractivity contribution in [2.24, 2.45) is 11.7 Å². The fraction of sp³-hybridized carbons (Fsp3) is 1.00. The third-order valence-electron chi connectivity index (χ3n) is 4.29. The van der Waals surface area contributed by atoms with E-state index in [4.69, 9.17) is 10.5 Å². The van der Waals surface area contributed by atoms with Gasteiger partial charge in [0.25, 0.3) is 0 Å². The fourth-order valence-corrected chi connectivity index (χ4v) is 3.39. The highest BCUT2D eigenvalue weighted by Gasteiger charge is 2.35. The number of fused-ring (bicyclic) bond motifs is 1. The van der Waals surface area contributed by atoms with Crippen molar-refractivity contribution in [3.63, 3.8) is 0 Å². The van der Waals surface area contributed by atoms with E-state index in [1.807, 2.05) is 0 Å². The van der Waals surface area contributed by atoms with Gasteiger partial charge in [-0.15, -0.1) is 0 Å². The van der Waals surface area contributed by atoms with Gasteiger partial charge in [0.05, 0.1) is 0 Å². The minimum absolute atomic E-state index is 0.292. The zero-order valence-corrected chi connectivity index (χ0v) is 10.5. The second-order valence-electron chi connectivity index (χ2n) is 5.44. The van der Waals surface area contributed by atoms with Gasteiger partial charge < -0.3 is 10.5 Å². The SMILES string of the molecule is COCCC(N)CN1CCC2CCCCC21. The van der Waals surface area contributed by atoms with E-state index in [1.165, 1.54) is 38.6 Å². The Kier molecular flexibility index (Phi) is 4.62. The van der Waals surface area contributed by atoms with Crippen LogP contribution in [0.4, 0.5) is 0 Å². The first-order chi connectivity index (χ1) is 7.81. The molecule has 0 amide bonds. The van der Waals surface area contributed by atoms with E-state index in [0.717, 1.165) is 31.5 Å². The molecule has 0 aromatic rings. The lowest BCUT2D eigenvalue weighted by atomic mass is 9.85. The molecule has 94 valence electrons. The second kappa shape index (κ2) is 5.99. The van der Waals surface area contributed by atoms with Gasteiger partial charge in [-0.25, -0.2) is 0 Å². The molecule has 0 bridgehead atoms. The molecule has 2 N–H and O–H groups in total. The maximum absolute atomic E-state index is 6.14.